The van der Waals surface area contributed by atoms with Gasteiger partial charge in [0.15, 0.2) is 0 Å². The van der Waals surface area contributed by atoms with Crippen LogP contribution >= 0.6 is 0 Å². The molecule has 0 aliphatic carbocycles. The van der Waals surface area contributed by atoms with E-state index in [0.717, 1.165) is 37.2 Å². The van der Waals surface area contributed by atoms with Crippen molar-refractivity contribution in [3.05, 3.63) is 29.8 Å². The van der Waals surface area contributed by atoms with E-state index in [4.69, 9.17) is 15.3 Å². The third-order valence-corrected chi connectivity index (χ3v) is 3.22. The summed E-state index contributed by atoms with van der Waals surface area (Å²) in [5.74, 6) is 6.62. The molecule has 0 fully saturated rings. The predicted molar refractivity (Wildman–Crippen MR) is 82.6 cm³/mol. The highest BCUT2D eigenvalue weighted by molar-refractivity contribution is 5.29. The summed E-state index contributed by atoms with van der Waals surface area (Å²) in [6.45, 7) is 7.70. The lowest BCUT2D eigenvalue weighted by atomic mass is 9.98. The number of hydrazine groups is 1. The molecule has 1 rings (SSSR count). The molecule has 0 radical (unpaired) electrons. The predicted octanol–water partition coefficient (Wildman–Crippen LogP) is 3.19. The summed E-state index contributed by atoms with van der Waals surface area (Å²) in [5.41, 5.74) is 4.01. The second-order valence-corrected chi connectivity index (χ2v) is 4.84. The fourth-order valence-electron chi connectivity index (χ4n) is 2.25. The van der Waals surface area contributed by atoms with E-state index in [1.165, 1.54) is 0 Å². The number of nitrogens with one attached hydrogen (secondary N) is 1. The lowest BCUT2D eigenvalue weighted by molar-refractivity contribution is 0.0276. The van der Waals surface area contributed by atoms with Crippen molar-refractivity contribution in [2.45, 2.75) is 52.2 Å². The first-order chi connectivity index (χ1) is 9.76. The molecule has 0 saturated carbocycles. The molecule has 0 aliphatic rings. The molecule has 4 heteroatoms. The lowest BCUT2D eigenvalue weighted by Gasteiger charge is -2.26. The standard InChI is InChI=1S/C16H28N2O2/c1-4-7-15(19-6-3)16(18-17)13-8-10-14(11-9-13)20-12-5-2/h8-11,15-16,18H,4-7,12,17H2,1-3H3. The Morgan fingerprint density at radius 1 is 1.10 bits per heavy atom. The SMILES string of the molecule is CCCOc1ccc(C(NN)C(CCC)OCC)cc1. The molecule has 20 heavy (non-hydrogen) atoms. The van der Waals surface area contributed by atoms with Gasteiger partial charge >= 0.3 is 0 Å². The van der Waals surface area contributed by atoms with Crippen molar-refractivity contribution >= 4 is 0 Å². The van der Waals surface area contributed by atoms with Crippen LogP contribution in [0.3, 0.4) is 0 Å². The van der Waals surface area contributed by atoms with E-state index in [0.29, 0.717) is 6.61 Å². The molecule has 114 valence electrons. The Hall–Kier alpha value is -1.10. The molecule has 0 aromatic heterocycles. The molecule has 0 aliphatic heterocycles. The first kappa shape index (κ1) is 17.0. The zero-order valence-electron chi connectivity index (χ0n) is 12.9. The van der Waals surface area contributed by atoms with Gasteiger partial charge in [0.25, 0.3) is 0 Å². The normalized spacial score (nSPS) is 14.0. The molecule has 4 nitrogen and oxygen atoms in total. The van der Waals surface area contributed by atoms with Crippen LogP contribution in [0.2, 0.25) is 0 Å². The van der Waals surface area contributed by atoms with Crippen molar-refractivity contribution < 1.29 is 9.47 Å². The smallest absolute Gasteiger partial charge is 0.119 e. The van der Waals surface area contributed by atoms with Gasteiger partial charge in [-0.05, 0) is 37.5 Å². The molecule has 0 heterocycles. The van der Waals surface area contributed by atoms with Crippen molar-refractivity contribution in [2.24, 2.45) is 5.84 Å². The Kier molecular flexibility index (Phi) is 8.26. The van der Waals surface area contributed by atoms with Crippen molar-refractivity contribution in [2.75, 3.05) is 13.2 Å². The van der Waals surface area contributed by atoms with Crippen LogP contribution in [-0.4, -0.2) is 19.3 Å². The van der Waals surface area contributed by atoms with Gasteiger partial charge in [-0.1, -0.05) is 32.4 Å². The lowest BCUT2D eigenvalue weighted by Crippen LogP contribution is -2.38. The highest BCUT2D eigenvalue weighted by atomic mass is 16.5. The number of nitrogens with two attached hydrogens (primary N) is 1. The van der Waals surface area contributed by atoms with Gasteiger partial charge in [0.2, 0.25) is 0 Å². The van der Waals surface area contributed by atoms with Crippen LogP contribution in [0.5, 0.6) is 5.75 Å². The Bertz CT molecular complexity index is 348. The molecule has 2 atom stereocenters. The second-order valence-electron chi connectivity index (χ2n) is 4.84. The number of rotatable bonds is 10. The first-order valence-electron chi connectivity index (χ1n) is 7.57. The number of hydrogen-bond donors (Lipinski definition) is 2. The van der Waals surface area contributed by atoms with Gasteiger partial charge < -0.3 is 9.47 Å². The molecule has 1 aromatic carbocycles. The van der Waals surface area contributed by atoms with Gasteiger partial charge in [-0.15, -0.1) is 0 Å². The summed E-state index contributed by atoms with van der Waals surface area (Å²) in [5, 5.41) is 0. The molecule has 0 amide bonds. The zero-order valence-corrected chi connectivity index (χ0v) is 12.9. The Morgan fingerprint density at radius 2 is 1.80 bits per heavy atom. The van der Waals surface area contributed by atoms with Crippen molar-refractivity contribution in [3.63, 3.8) is 0 Å². The maximum Gasteiger partial charge on any atom is 0.119 e. The minimum absolute atomic E-state index is 0.00938. The maximum absolute atomic E-state index is 5.81. The number of ether oxygens (including phenoxy) is 2. The van der Waals surface area contributed by atoms with Gasteiger partial charge in [0.1, 0.15) is 5.75 Å². The number of hydrogen-bond acceptors (Lipinski definition) is 4. The van der Waals surface area contributed by atoms with E-state index >= 15 is 0 Å². The van der Waals surface area contributed by atoms with Crippen molar-refractivity contribution in [1.82, 2.24) is 5.43 Å². The van der Waals surface area contributed by atoms with Crippen LogP contribution in [-0.2, 0) is 4.74 Å². The Balaban J connectivity index is 2.76. The summed E-state index contributed by atoms with van der Waals surface area (Å²) in [6, 6.07) is 8.10. The van der Waals surface area contributed by atoms with E-state index < -0.39 is 0 Å². The van der Waals surface area contributed by atoms with Crippen LogP contribution < -0.4 is 16.0 Å². The molecule has 0 saturated heterocycles. The Labute approximate surface area is 122 Å². The second kappa shape index (κ2) is 9.75. The van der Waals surface area contributed by atoms with E-state index in [2.05, 4.69) is 31.4 Å². The summed E-state index contributed by atoms with van der Waals surface area (Å²) in [4.78, 5) is 0. The minimum atomic E-state index is 0.00938. The van der Waals surface area contributed by atoms with Crippen molar-refractivity contribution in [3.8, 4) is 5.75 Å². The summed E-state index contributed by atoms with van der Waals surface area (Å²) < 4.78 is 11.4. The molecule has 0 spiro atoms. The molecule has 1 aromatic rings. The molecular weight excluding hydrogens is 252 g/mol. The van der Waals surface area contributed by atoms with Gasteiger partial charge in [0.05, 0.1) is 18.8 Å². The van der Waals surface area contributed by atoms with Crippen LogP contribution in [0.1, 0.15) is 51.6 Å². The quantitative estimate of drug-likeness (QED) is 0.510. The fourth-order valence-corrected chi connectivity index (χ4v) is 2.25. The monoisotopic (exact) mass is 280 g/mol. The largest absolute Gasteiger partial charge is 0.494 e. The van der Waals surface area contributed by atoms with Crippen LogP contribution in [0.4, 0.5) is 0 Å². The van der Waals surface area contributed by atoms with Crippen LogP contribution in [0, 0.1) is 0 Å². The average molecular weight is 280 g/mol. The van der Waals surface area contributed by atoms with Crippen LogP contribution in [0.15, 0.2) is 24.3 Å². The van der Waals surface area contributed by atoms with E-state index in [9.17, 15) is 0 Å². The van der Waals surface area contributed by atoms with Crippen molar-refractivity contribution in [1.29, 1.82) is 0 Å². The fraction of sp³-hybridized carbons (Fsp3) is 0.625. The van der Waals surface area contributed by atoms with Gasteiger partial charge in [-0.25, -0.2) is 0 Å². The summed E-state index contributed by atoms with van der Waals surface area (Å²) in [6.07, 6.45) is 3.16. The molecule has 0 bridgehead atoms. The minimum Gasteiger partial charge on any atom is -0.494 e. The van der Waals surface area contributed by atoms with Gasteiger partial charge in [-0.2, -0.15) is 0 Å². The summed E-state index contributed by atoms with van der Waals surface area (Å²) in [7, 11) is 0. The number of benzene rings is 1. The maximum atomic E-state index is 5.81. The topological polar surface area (TPSA) is 56.5 Å². The van der Waals surface area contributed by atoms with E-state index in [-0.39, 0.29) is 12.1 Å². The highest BCUT2D eigenvalue weighted by Gasteiger charge is 2.21. The van der Waals surface area contributed by atoms with Crippen LogP contribution in [0.25, 0.3) is 0 Å². The summed E-state index contributed by atoms with van der Waals surface area (Å²) >= 11 is 0. The average Bonchev–Trinajstić information content (AvgIpc) is 2.47. The van der Waals surface area contributed by atoms with Gasteiger partial charge in [0, 0.05) is 6.61 Å². The Morgan fingerprint density at radius 3 is 2.30 bits per heavy atom. The highest BCUT2D eigenvalue weighted by Crippen LogP contribution is 2.24. The first-order valence-corrected chi connectivity index (χ1v) is 7.57. The third kappa shape index (κ3) is 5.12. The molecule has 2 unspecified atom stereocenters. The van der Waals surface area contributed by atoms with E-state index in [1.54, 1.807) is 0 Å². The molecular formula is C16H28N2O2. The molecule has 3 N–H and O–H groups in total. The zero-order chi connectivity index (χ0) is 14.8. The van der Waals surface area contributed by atoms with E-state index in [1.807, 2.05) is 19.1 Å². The third-order valence-electron chi connectivity index (χ3n) is 3.22. The van der Waals surface area contributed by atoms with Gasteiger partial charge in [-0.3, -0.25) is 11.3 Å².